The predicted octanol–water partition coefficient (Wildman–Crippen LogP) is 3.86. The van der Waals surface area contributed by atoms with E-state index in [9.17, 15) is 4.79 Å². The zero-order chi connectivity index (χ0) is 14.5. The van der Waals surface area contributed by atoms with E-state index < -0.39 is 11.7 Å². The van der Waals surface area contributed by atoms with Crippen LogP contribution in [0.5, 0.6) is 0 Å². The highest BCUT2D eigenvalue weighted by Gasteiger charge is 2.17. The average molecular weight is 260 g/mol. The molecular formula is C15H20N2O2. The van der Waals surface area contributed by atoms with Crippen LogP contribution in [0.2, 0.25) is 0 Å². The summed E-state index contributed by atoms with van der Waals surface area (Å²) in [6.07, 6.45) is 1.39. The van der Waals surface area contributed by atoms with E-state index in [1.54, 1.807) is 32.9 Å². The van der Waals surface area contributed by atoms with Gasteiger partial charge in [-0.3, -0.25) is 5.32 Å². The highest BCUT2D eigenvalue weighted by molar-refractivity contribution is 5.86. The second-order valence-corrected chi connectivity index (χ2v) is 5.37. The van der Waals surface area contributed by atoms with Gasteiger partial charge in [0.1, 0.15) is 11.7 Å². The van der Waals surface area contributed by atoms with Gasteiger partial charge < -0.3 is 4.74 Å². The van der Waals surface area contributed by atoms with Gasteiger partial charge in [-0.15, -0.1) is 0 Å². The third-order valence-electron chi connectivity index (χ3n) is 2.38. The number of anilines is 1. The Labute approximate surface area is 114 Å². The van der Waals surface area contributed by atoms with Crippen LogP contribution in [-0.2, 0) is 11.2 Å². The summed E-state index contributed by atoms with van der Waals surface area (Å²) >= 11 is 0. The lowest BCUT2D eigenvalue weighted by molar-refractivity contribution is 0.0636. The number of ether oxygens (including phenoxy) is 1. The highest BCUT2D eigenvalue weighted by atomic mass is 16.6. The summed E-state index contributed by atoms with van der Waals surface area (Å²) in [6, 6.07) is 7.55. The maximum absolute atomic E-state index is 11.7. The first kappa shape index (κ1) is 15.0. The van der Waals surface area contributed by atoms with Crippen LogP contribution < -0.4 is 5.32 Å². The van der Waals surface area contributed by atoms with Crippen molar-refractivity contribution in [2.24, 2.45) is 0 Å². The molecule has 0 heterocycles. The Kier molecular flexibility index (Phi) is 4.94. The van der Waals surface area contributed by atoms with Gasteiger partial charge in [-0.2, -0.15) is 5.26 Å². The van der Waals surface area contributed by atoms with Crippen LogP contribution in [0.25, 0.3) is 0 Å². The number of nitriles is 1. The molecule has 1 amide bonds. The predicted molar refractivity (Wildman–Crippen MR) is 75.0 cm³/mol. The molecule has 0 atom stereocenters. The second-order valence-electron chi connectivity index (χ2n) is 5.37. The van der Waals surface area contributed by atoms with Crippen molar-refractivity contribution in [3.63, 3.8) is 0 Å². The fourth-order valence-corrected chi connectivity index (χ4v) is 1.65. The first-order valence-corrected chi connectivity index (χ1v) is 6.38. The number of rotatable bonds is 3. The number of hydrogen-bond donors (Lipinski definition) is 1. The Morgan fingerprint density at radius 2 is 2.11 bits per heavy atom. The van der Waals surface area contributed by atoms with Crippen LogP contribution in [-0.4, -0.2) is 11.7 Å². The molecule has 1 aromatic carbocycles. The molecule has 0 aromatic heterocycles. The number of carbonyl (C=O) groups excluding carboxylic acids is 1. The van der Waals surface area contributed by atoms with E-state index in [2.05, 4.69) is 18.3 Å². The molecule has 19 heavy (non-hydrogen) atoms. The van der Waals surface area contributed by atoms with Gasteiger partial charge in [-0.1, -0.05) is 19.4 Å². The Morgan fingerprint density at radius 1 is 1.42 bits per heavy atom. The molecule has 0 unspecified atom stereocenters. The second kappa shape index (κ2) is 6.24. The van der Waals surface area contributed by atoms with Crippen LogP contribution in [0.1, 0.15) is 45.2 Å². The Balaban J connectivity index is 2.84. The molecule has 0 bridgehead atoms. The van der Waals surface area contributed by atoms with Gasteiger partial charge in [0.05, 0.1) is 11.3 Å². The molecule has 102 valence electrons. The first-order chi connectivity index (χ1) is 8.85. The summed E-state index contributed by atoms with van der Waals surface area (Å²) < 4.78 is 5.16. The average Bonchev–Trinajstić information content (AvgIpc) is 2.29. The number of benzene rings is 1. The molecule has 1 aromatic rings. The van der Waals surface area contributed by atoms with Gasteiger partial charge >= 0.3 is 6.09 Å². The third-order valence-corrected chi connectivity index (χ3v) is 2.38. The quantitative estimate of drug-likeness (QED) is 0.897. The molecule has 1 rings (SSSR count). The molecule has 0 fully saturated rings. The van der Waals surface area contributed by atoms with Crippen molar-refractivity contribution < 1.29 is 9.53 Å². The maximum atomic E-state index is 11.7. The molecule has 0 spiro atoms. The summed E-state index contributed by atoms with van der Waals surface area (Å²) in [5.41, 5.74) is 1.47. The standard InChI is InChI=1S/C15H20N2O2/c1-5-6-11-7-8-13(12(9-11)10-16)17-14(18)19-15(2,3)4/h7-9H,5-6H2,1-4H3,(H,17,18). The first-order valence-electron chi connectivity index (χ1n) is 6.38. The molecule has 0 aliphatic rings. The number of amides is 1. The fourth-order valence-electron chi connectivity index (χ4n) is 1.65. The Morgan fingerprint density at radius 3 is 2.63 bits per heavy atom. The Hall–Kier alpha value is -2.02. The number of nitrogens with zero attached hydrogens (tertiary/aromatic N) is 1. The third kappa shape index (κ3) is 5.01. The van der Waals surface area contributed by atoms with E-state index in [1.165, 1.54) is 0 Å². The minimum Gasteiger partial charge on any atom is -0.444 e. The van der Waals surface area contributed by atoms with Crippen LogP contribution in [0.4, 0.5) is 10.5 Å². The highest BCUT2D eigenvalue weighted by Crippen LogP contribution is 2.19. The van der Waals surface area contributed by atoms with Crippen molar-refractivity contribution in [2.75, 3.05) is 5.32 Å². The number of carbonyl (C=O) groups is 1. The van der Waals surface area contributed by atoms with E-state index in [0.29, 0.717) is 11.3 Å². The van der Waals surface area contributed by atoms with E-state index in [-0.39, 0.29) is 0 Å². The summed E-state index contributed by atoms with van der Waals surface area (Å²) in [7, 11) is 0. The van der Waals surface area contributed by atoms with Gasteiger partial charge in [0, 0.05) is 0 Å². The topological polar surface area (TPSA) is 62.1 Å². The van der Waals surface area contributed by atoms with E-state index in [1.807, 2.05) is 6.07 Å². The van der Waals surface area contributed by atoms with Gasteiger partial charge in [-0.05, 0) is 44.9 Å². The van der Waals surface area contributed by atoms with Crippen LogP contribution in [0.3, 0.4) is 0 Å². The molecular weight excluding hydrogens is 240 g/mol. The molecule has 1 N–H and O–H groups in total. The van der Waals surface area contributed by atoms with E-state index >= 15 is 0 Å². The molecule has 0 aliphatic carbocycles. The zero-order valence-corrected chi connectivity index (χ0v) is 11.9. The van der Waals surface area contributed by atoms with Gasteiger partial charge in [0.2, 0.25) is 0 Å². The molecule has 0 aliphatic heterocycles. The maximum Gasteiger partial charge on any atom is 0.412 e. The summed E-state index contributed by atoms with van der Waals surface area (Å²) in [5.74, 6) is 0. The van der Waals surface area contributed by atoms with Crippen molar-refractivity contribution >= 4 is 11.8 Å². The Bertz CT molecular complexity index is 496. The van der Waals surface area contributed by atoms with Crippen LogP contribution in [0.15, 0.2) is 18.2 Å². The van der Waals surface area contributed by atoms with Crippen molar-refractivity contribution in [3.8, 4) is 6.07 Å². The zero-order valence-electron chi connectivity index (χ0n) is 11.9. The molecule has 0 saturated heterocycles. The number of aryl methyl sites for hydroxylation is 1. The smallest absolute Gasteiger partial charge is 0.412 e. The lowest BCUT2D eigenvalue weighted by Crippen LogP contribution is -2.27. The van der Waals surface area contributed by atoms with E-state index in [0.717, 1.165) is 18.4 Å². The lowest BCUT2D eigenvalue weighted by atomic mass is 10.1. The molecule has 0 saturated carbocycles. The fraction of sp³-hybridized carbons (Fsp3) is 0.467. The molecule has 4 nitrogen and oxygen atoms in total. The van der Waals surface area contributed by atoms with Gasteiger partial charge in [0.25, 0.3) is 0 Å². The SMILES string of the molecule is CCCc1ccc(NC(=O)OC(C)(C)C)c(C#N)c1. The minimum absolute atomic E-state index is 0.455. The molecule has 4 heteroatoms. The summed E-state index contributed by atoms with van der Waals surface area (Å²) in [6.45, 7) is 7.46. The largest absolute Gasteiger partial charge is 0.444 e. The molecule has 0 radical (unpaired) electrons. The van der Waals surface area contributed by atoms with E-state index in [4.69, 9.17) is 10.00 Å². The van der Waals surface area contributed by atoms with Gasteiger partial charge in [0.15, 0.2) is 0 Å². The van der Waals surface area contributed by atoms with Gasteiger partial charge in [-0.25, -0.2) is 4.79 Å². The van der Waals surface area contributed by atoms with Crippen LogP contribution >= 0.6 is 0 Å². The lowest BCUT2D eigenvalue weighted by Gasteiger charge is -2.20. The number of nitrogens with one attached hydrogen (secondary N) is 1. The monoisotopic (exact) mass is 260 g/mol. The summed E-state index contributed by atoms with van der Waals surface area (Å²) in [5, 5.41) is 11.7. The summed E-state index contributed by atoms with van der Waals surface area (Å²) in [4.78, 5) is 11.7. The van der Waals surface area contributed by atoms with Crippen molar-refractivity contribution in [1.82, 2.24) is 0 Å². The normalized spacial score (nSPS) is 10.7. The van der Waals surface area contributed by atoms with Crippen molar-refractivity contribution in [2.45, 2.75) is 46.1 Å². The van der Waals surface area contributed by atoms with Crippen molar-refractivity contribution in [1.29, 1.82) is 5.26 Å². The minimum atomic E-state index is -0.557. The number of hydrogen-bond acceptors (Lipinski definition) is 3. The van der Waals surface area contributed by atoms with Crippen molar-refractivity contribution in [3.05, 3.63) is 29.3 Å². The van der Waals surface area contributed by atoms with Crippen LogP contribution in [0, 0.1) is 11.3 Å².